The Hall–Kier alpha value is -3.73. The van der Waals surface area contributed by atoms with Crippen LogP contribution in [0.25, 0.3) is 0 Å². The van der Waals surface area contributed by atoms with E-state index in [0.29, 0.717) is 11.8 Å². The van der Waals surface area contributed by atoms with Gasteiger partial charge in [0.05, 0.1) is 16.6 Å². The Labute approximate surface area is 289 Å². The Kier molecular flexibility index (Phi) is 10.7. The third-order valence-corrected chi connectivity index (χ3v) is 11.3. The number of hydrogen-bond acceptors (Lipinski definition) is 4. The minimum absolute atomic E-state index is 0.101. The van der Waals surface area contributed by atoms with Crippen molar-refractivity contribution in [1.29, 1.82) is 0 Å². The first kappa shape index (κ1) is 35.6. The first-order chi connectivity index (χ1) is 22.9. The first-order valence-corrected chi connectivity index (χ1v) is 18.5. The maximum Gasteiger partial charge on any atom is 0.237 e. The Morgan fingerprint density at radius 2 is 1.38 bits per heavy atom. The van der Waals surface area contributed by atoms with Gasteiger partial charge >= 0.3 is 0 Å². The van der Waals surface area contributed by atoms with Gasteiger partial charge < -0.3 is 10.0 Å². The second kappa shape index (κ2) is 14.4. The fourth-order valence-electron chi connectivity index (χ4n) is 8.09. The molecule has 1 aliphatic carbocycles. The molecule has 0 fully saturated rings. The van der Waals surface area contributed by atoms with E-state index in [4.69, 9.17) is 0 Å². The molecular weight excluding hydrogens is 592 g/mol. The number of benzene rings is 2. The largest absolute Gasteiger partial charge is 0.506 e. The van der Waals surface area contributed by atoms with E-state index in [9.17, 15) is 14.7 Å². The maximum absolute atomic E-state index is 13.8. The summed E-state index contributed by atoms with van der Waals surface area (Å²) in [7, 11) is 0. The van der Waals surface area contributed by atoms with E-state index in [-0.39, 0.29) is 16.9 Å². The van der Waals surface area contributed by atoms with Crippen LogP contribution in [0.15, 0.2) is 83.3 Å². The van der Waals surface area contributed by atoms with Gasteiger partial charge in [0.15, 0.2) is 12.3 Å². The molecule has 48 heavy (non-hydrogen) atoms. The third-order valence-electron chi connectivity index (χ3n) is 11.3. The number of Topliss-reactive ketones (excluding diaryl/α,β-unsaturated/α-hetero) is 2. The summed E-state index contributed by atoms with van der Waals surface area (Å²) < 4.78 is 2.34. The molecule has 1 N–H and O–H groups in total. The fraction of sp³-hybridized carbons (Fsp3) is 0.512. The highest BCUT2D eigenvalue weighted by atomic mass is 16.3. The lowest BCUT2D eigenvalue weighted by Gasteiger charge is -2.30. The Morgan fingerprint density at radius 3 is 2.02 bits per heavy atom. The van der Waals surface area contributed by atoms with Crippen molar-refractivity contribution in [1.82, 2.24) is 0 Å². The molecule has 0 saturated heterocycles. The number of aliphatic hydroxyl groups is 1. The number of rotatable bonds is 14. The van der Waals surface area contributed by atoms with E-state index in [1.54, 1.807) is 0 Å². The van der Waals surface area contributed by atoms with Crippen molar-refractivity contribution >= 4 is 28.7 Å². The summed E-state index contributed by atoms with van der Waals surface area (Å²) in [5.41, 5.74) is 5.96. The van der Waals surface area contributed by atoms with Crippen molar-refractivity contribution < 1.29 is 19.3 Å². The number of anilines is 1. The van der Waals surface area contributed by atoms with Crippen LogP contribution >= 0.6 is 0 Å². The number of fused-ring (bicyclic) bond motifs is 2. The molecule has 2 unspecified atom stereocenters. The lowest BCUT2D eigenvalue weighted by Crippen LogP contribution is -2.31. The average molecular weight is 650 g/mol. The second-order valence-electron chi connectivity index (χ2n) is 15.2. The molecule has 2 heterocycles. The van der Waals surface area contributed by atoms with Crippen LogP contribution in [0, 0.1) is 11.8 Å². The van der Waals surface area contributed by atoms with Crippen LogP contribution in [-0.4, -0.2) is 40.0 Å². The molecule has 256 valence electrons. The molecule has 5 heteroatoms. The molecule has 3 aliphatic rings. The van der Waals surface area contributed by atoms with Crippen molar-refractivity contribution in [2.75, 3.05) is 18.0 Å². The molecule has 2 aromatic carbocycles. The van der Waals surface area contributed by atoms with Crippen LogP contribution < -0.4 is 4.90 Å². The topological polar surface area (TPSA) is 60.6 Å². The Morgan fingerprint density at radius 1 is 0.771 bits per heavy atom. The Bertz CT molecular complexity index is 1680. The normalized spacial score (nSPS) is 21.1. The van der Waals surface area contributed by atoms with Gasteiger partial charge in [-0.2, -0.15) is 4.58 Å². The Balaban J connectivity index is 1.62. The van der Waals surface area contributed by atoms with Crippen LogP contribution in [0.4, 0.5) is 11.4 Å². The quantitative estimate of drug-likeness (QED) is 0.126. The molecule has 0 amide bonds. The van der Waals surface area contributed by atoms with Gasteiger partial charge in [0.2, 0.25) is 17.3 Å². The molecule has 2 aromatic rings. The molecule has 5 rings (SSSR count). The van der Waals surface area contributed by atoms with Gasteiger partial charge in [-0.1, -0.05) is 110 Å². The van der Waals surface area contributed by atoms with Gasteiger partial charge in [0, 0.05) is 47.0 Å². The molecule has 0 radical (unpaired) electrons. The van der Waals surface area contributed by atoms with E-state index in [0.717, 1.165) is 74.4 Å². The molecule has 0 aromatic heterocycles. The van der Waals surface area contributed by atoms with Crippen molar-refractivity contribution in [3.05, 3.63) is 94.4 Å². The number of carbonyl (C=O) groups is 2. The summed E-state index contributed by atoms with van der Waals surface area (Å²) in [5, 5.41) is 11.8. The second-order valence-corrected chi connectivity index (χ2v) is 15.2. The summed E-state index contributed by atoms with van der Waals surface area (Å²) in [6.45, 7) is 19.3. The summed E-state index contributed by atoms with van der Waals surface area (Å²) in [6.07, 6.45) is 12.7. The third kappa shape index (κ3) is 6.37. The van der Waals surface area contributed by atoms with E-state index in [1.807, 2.05) is 12.2 Å². The smallest absolute Gasteiger partial charge is 0.237 e. The minimum atomic E-state index is -0.633. The van der Waals surface area contributed by atoms with Gasteiger partial charge in [0.1, 0.15) is 5.76 Å². The molecule has 0 spiro atoms. The van der Waals surface area contributed by atoms with E-state index < -0.39 is 22.4 Å². The van der Waals surface area contributed by atoms with E-state index >= 15 is 0 Å². The number of ketones is 2. The number of carbonyl (C=O) groups excluding carboxylic acids is 2. The molecule has 0 bridgehead atoms. The van der Waals surface area contributed by atoms with Gasteiger partial charge in [-0.05, 0) is 56.7 Å². The van der Waals surface area contributed by atoms with E-state index in [2.05, 4.69) is 113 Å². The molecule has 0 saturated carbocycles. The first-order valence-electron chi connectivity index (χ1n) is 18.5. The summed E-state index contributed by atoms with van der Waals surface area (Å²) >= 11 is 0. The molecular formula is C43H57N2O3+. The lowest BCUT2D eigenvalue weighted by atomic mass is 9.81. The van der Waals surface area contributed by atoms with E-state index in [1.165, 1.54) is 24.0 Å². The zero-order valence-electron chi connectivity index (χ0n) is 30.7. The molecule has 5 nitrogen and oxygen atoms in total. The molecule has 2 aliphatic heterocycles. The predicted molar refractivity (Wildman–Crippen MR) is 199 cm³/mol. The highest BCUT2D eigenvalue weighted by molar-refractivity contribution is 6.54. The van der Waals surface area contributed by atoms with Crippen LogP contribution in [-0.2, 0) is 20.4 Å². The SMILES string of the molecule is CCCCC(CC)CN1/C(=C\C2=C(O)C(=C/C3=[N+](CC(CC)CCCC)c4ccccc4C3(C)C)/C(=O)C2=O)C(C)(C)c2ccccc21. The number of nitrogens with zero attached hydrogens (tertiary/aromatic N) is 2. The average Bonchev–Trinajstić information content (AvgIpc) is 3.52. The van der Waals surface area contributed by atoms with Gasteiger partial charge in [-0.3, -0.25) is 9.59 Å². The van der Waals surface area contributed by atoms with Gasteiger partial charge in [-0.15, -0.1) is 0 Å². The summed E-state index contributed by atoms with van der Waals surface area (Å²) in [5.74, 6) is -0.490. The highest BCUT2D eigenvalue weighted by Crippen LogP contribution is 2.49. The number of para-hydroxylation sites is 2. The number of allylic oxidation sites excluding steroid dienone is 5. The zero-order chi connectivity index (χ0) is 34.8. The van der Waals surface area contributed by atoms with Crippen LogP contribution in [0.1, 0.15) is 118 Å². The monoisotopic (exact) mass is 649 g/mol. The molecule has 2 atom stereocenters. The van der Waals surface area contributed by atoms with Crippen molar-refractivity contribution in [2.24, 2.45) is 11.8 Å². The standard InChI is InChI=1S/C43H56N2O3/c1-9-13-19-29(11-3)27-44-35-23-17-15-21-33(35)42(5,6)37(44)25-31-39(46)32(41(48)40(31)47)26-38-43(7,8)34-22-16-18-24-36(34)45(38)28-30(12-4)20-14-10-2/h15-18,21-26,29-30H,9-14,19-20,27-28H2,1-8H3/p+1. The van der Waals surface area contributed by atoms with Crippen molar-refractivity contribution in [3.8, 4) is 0 Å². The van der Waals surface area contributed by atoms with Gasteiger partial charge in [-0.25, -0.2) is 0 Å². The summed E-state index contributed by atoms with van der Waals surface area (Å²) in [6, 6.07) is 16.9. The van der Waals surface area contributed by atoms with Gasteiger partial charge in [0.25, 0.3) is 0 Å². The van der Waals surface area contributed by atoms with Crippen LogP contribution in [0.3, 0.4) is 0 Å². The minimum Gasteiger partial charge on any atom is -0.506 e. The fourth-order valence-corrected chi connectivity index (χ4v) is 8.09. The van der Waals surface area contributed by atoms with Crippen molar-refractivity contribution in [2.45, 2.75) is 118 Å². The number of aliphatic hydroxyl groups excluding tert-OH is 1. The summed E-state index contributed by atoms with van der Waals surface area (Å²) in [4.78, 5) is 30.0. The predicted octanol–water partition coefficient (Wildman–Crippen LogP) is 10.1. The lowest BCUT2D eigenvalue weighted by molar-refractivity contribution is -0.447. The number of hydrogen-bond donors (Lipinski definition) is 1. The number of unbranched alkanes of at least 4 members (excludes halogenated alkanes) is 2. The van der Waals surface area contributed by atoms with Crippen molar-refractivity contribution in [3.63, 3.8) is 0 Å². The van der Waals surface area contributed by atoms with Crippen LogP contribution in [0.2, 0.25) is 0 Å². The van der Waals surface area contributed by atoms with Crippen LogP contribution in [0.5, 0.6) is 0 Å². The highest BCUT2D eigenvalue weighted by Gasteiger charge is 2.48. The zero-order valence-corrected chi connectivity index (χ0v) is 30.7. The maximum atomic E-state index is 13.8.